The SMILES string of the molecule is NC(Cc1c(F)cccc1Cl)CC1CCCCCC1. The van der Waals surface area contributed by atoms with Crippen molar-refractivity contribution >= 4 is 11.6 Å². The van der Waals surface area contributed by atoms with Crippen molar-refractivity contribution in [1.29, 1.82) is 0 Å². The summed E-state index contributed by atoms with van der Waals surface area (Å²) in [6.07, 6.45) is 9.43. The average Bonchev–Trinajstić information content (AvgIpc) is 2.63. The zero-order valence-corrected chi connectivity index (χ0v) is 12.1. The molecule has 0 bridgehead atoms. The molecule has 1 fully saturated rings. The van der Waals surface area contributed by atoms with E-state index >= 15 is 0 Å². The molecule has 1 saturated carbocycles. The van der Waals surface area contributed by atoms with Gasteiger partial charge >= 0.3 is 0 Å². The maximum absolute atomic E-state index is 13.7. The molecule has 1 aliphatic rings. The largest absolute Gasteiger partial charge is 0.327 e. The van der Waals surface area contributed by atoms with Crippen LogP contribution < -0.4 is 5.73 Å². The van der Waals surface area contributed by atoms with Crippen molar-refractivity contribution < 1.29 is 4.39 Å². The molecule has 3 heteroatoms. The molecule has 0 spiro atoms. The van der Waals surface area contributed by atoms with E-state index in [-0.39, 0.29) is 11.9 Å². The number of rotatable bonds is 4. The van der Waals surface area contributed by atoms with E-state index in [9.17, 15) is 4.39 Å². The fourth-order valence-corrected chi connectivity index (χ4v) is 3.34. The minimum atomic E-state index is -0.233. The molecule has 19 heavy (non-hydrogen) atoms. The van der Waals surface area contributed by atoms with E-state index in [4.69, 9.17) is 17.3 Å². The number of halogens is 2. The van der Waals surface area contributed by atoms with Gasteiger partial charge in [0, 0.05) is 16.6 Å². The van der Waals surface area contributed by atoms with Crippen molar-refractivity contribution in [2.24, 2.45) is 11.7 Å². The lowest BCUT2D eigenvalue weighted by Crippen LogP contribution is -2.26. The molecule has 1 unspecified atom stereocenters. The molecule has 0 heterocycles. The van der Waals surface area contributed by atoms with Crippen molar-refractivity contribution in [3.63, 3.8) is 0 Å². The van der Waals surface area contributed by atoms with Crippen LogP contribution in [0.4, 0.5) is 4.39 Å². The highest BCUT2D eigenvalue weighted by Gasteiger charge is 2.18. The summed E-state index contributed by atoms with van der Waals surface area (Å²) in [6, 6.07) is 4.84. The van der Waals surface area contributed by atoms with Crippen LogP contribution in [0.2, 0.25) is 5.02 Å². The Labute approximate surface area is 120 Å². The first-order valence-corrected chi connectivity index (χ1v) is 7.73. The molecule has 0 radical (unpaired) electrons. The molecular formula is C16H23ClFN. The van der Waals surface area contributed by atoms with E-state index in [2.05, 4.69) is 0 Å². The van der Waals surface area contributed by atoms with Gasteiger partial charge in [-0.3, -0.25) is 0 Å². The summed E-state index contributed by atoms with van der Waals surface area (Å²) in [4.78, 5) is 0. The van der Waals surface area contributed by atoms with E-state index in [1.54, 1.807) is 12.1 Å². The molecule has 1 aliphatic carbocycles. The lowest BCUT2D eigenvalue weighted by Gasteiger charge is -2.20. The Morgan fingerprint density at radius 3 is 2.53 bits per heavy atom. The Kier molecular flexibility index (Phi) is 5.65. The number of benzene rings is 1. The van der Waals surface area contributed by atoms with E-state index < -0.39 is 0 Å². The zero-order chi connectivity index (χ0) is 13.7. The molecule has 1 atom stereocenters. The van der Waals surface area contributed by atoms with Gasteiger partial charge in [0.15, 0.2) is 0 Å². The standard InChI is InChI=1S/C16H23ClFN/c17-15-8-5-9-16(18)14(15)11-13(19)10-12-6-3-1-2-4-7-12/h5,8-9,12-13H,1-4,6-7,10-11,19H2. The fraction of sp³-hybridized carbons (Fsp3) is 0.625. The molecule has 1 aromatic carbocycles. The van der Waals surface area contributed by atoms with Gasteiger partial charge in [-0.2, -0.15) is 0 Å². The summed E-state index contributed by atoms with van der Waals surface area (Å²) >= 11 is 6.05. The Morgan fingerprint density at radius 1 is 1.21 bits per heavy atom. The Balaban J connectivity index is 1.91. The Hall–Kier alpha value is -0.600. The zero-order valence-electron chi connectivity index (χ0n) is 11.4. The van der Waals surface area contributed by atoms with Gasteiger partial charge in [-0.25, -0.2) is 4.39 Å². The summed E-state index contributed by atoms with van der Waals surface area (Å²) in [5.74, 6) is 0.479. The lowest BCUT2D eigenvalue weighted by molar-refractivity contribution is 0.385. The van der Waals surface area contributed by atoms with Crippen LogP contribution in [0, 0.1) is 11.7 Å². The maximum Gasteiger partial charge on any atom is 0.127 e. The normalized spacial score (nSPS) is 19.1. The van der Waals surface area contributed by atoms with Crippen LogP contribution in [-0.4, -0.2) is 6.04 Å². The summed E-state index contributed by atoms with van der Waals surface area (Å²) in [5.41, 5.74) is 6.77. The van der Waals surface area contributed by atoms with Crippen LogP contribution in [0.1, 0.15) is 50.5 Å². The third kappa shape index (κ3) is 4.47. The molecular weight excluding hydrogens is 261 g/mol. The highest BCUT2D eigenvalue weighted by atomic mass is 35.5. The third-order valence-electron chi connectivity index (χ3n) is 4.14. The highest BCUT2D eigenvalue weighted by molar-refractivity contribution is 6.31. The van der Waals surface area contributed by atoms with Gasteiger partial charge in [0.05, 0.1) is 0 Å². The minimum absolute atomic E-state index is 0.0116. The van der Waals surface area contributed by atoms with Crippen LogP contribution in [0.25, 0.3) is 0 Å². The predicted octanol–water partition coefficient (Wildman–Crippen LogP) is 4.71. The average molecular weight is 284 g/mol. The smallest absolute Gasteiger partial charge is 0.127 e. The van der Waals surface area contributed by atoms with Crippen LogP contribution >= 0.6 is 11.6 Å². The summed E-state index contributed by atoms with van der Waals surface area (Å²) in [7, 11) is 0. The van der Waals surface area contributed by atoms with Gasteiger partial charge in [0.2, 0.25) is 0 Å². The van der Waals surface area contributed by atoms with Crippen molar-refractivity contribution in [1.82, 2.24) is 0 Å². The van der Waals surface area contributed by atoms with Gasteiger partial charge in [0.25, 0.3) is 0 Å². The Bertz CT molecular complexity index is 379. The van der Waals surface area contributed by atoms with E-state index in [1.165, 1.54) is 44.6 Å². The number of hydrogen-bond donors (Lipinski definition) is 1. The number of hydrogen-bond acceptors (Lipinski definition) is 1. The van der Waals surface area contributed by atoms with Crippen LogP contribution in [-0.2, 0) is 6.42 Å². The molecule has 106 valence electrons. The second kappa shape index (κ2) is 7.25. The summed E-state index contributed by atoms with van der Waals surface area (Å²) in [5, 5.41) is 0.497. The first-order valence-electron chi connectivity index (χ1n) is 7.35. The molecule has 0 saturated heterocycles. The Morgan fingerprint density at radius 2 is 1.89 bits per heavy atom. The van der Waals surface area contributed by atoms with E-state index in [0.717, 1.165) is 6.42 Å². The van der Waals surface area contributed by atoms with Gasteiger partial charge in [-0.1, -0.05) is 56.2 Å². The molecule has 2 N–H and O–H groups in total. The van der Waals surface area contributed by atoms with E-state index in [0.29, 0.717) is 22.9 Å². The first-order chi connectivity index (χ1) is 9.16. The topological polar surface area (TPSA) is 26.0 Å². The quantitative estimate of drug-likeness (QED) is 0.796. The molecule has 0 aliphatic heterocycles. The third-order valence-corrected chi connectivity index (χ3v) is 4.49. The fourth-order valence-electron chi connectivity index (χ4n) is 3.10. The van der Waals surface area contributed by atoms with Gasteiger partial charge in [-0.05, 0) is 30.9 Å². The van der Waals surface area contributed by atoms with Crippen LogP contribution in [0.15, 0.2) is 18.2 Å². The first kappa shape index (κ1) is 14.8. The van der Waals surface area contributed by atoms with Crippen molar-refractivity contribution in [2.75, 3.05) is 0 Å². The summed E-state index contributed by atoms with van der Waals surface area (Å²) in [6.45, 7) is 0. The highest BCUT2D eigenvalue weighted by Crippen LogP contribution is 2.28. The monoisotopic (exact) mass is 283 g/mol. The molecule has 1 aromatic rings. The molecule has 2 rings (SSSR count). The lowest BCUT2D eigenvalue weighted by atomic mass is 9.90. The van der Waals surface area contributed by atoms with Crippen molar-refractivity contribution in [3.05, 3.63) is 34.6 Å². The molecule has 0 amide bonds. The van der Waals surface area contributed by atoms with Crippen molar-refractivity contribution in [3.8, 4) is 0 Å². The van der Waals surface area contributed by atoms with E-state index in [1.807, 2.05) is 0 Å². The second-order valence-electron chi connectivity index (χ2n) is 5.76. The summed E-state index contributed by atoms with van der Waals surface area (Å²) < 4.78 is 13.7. The molecule has 1 nitrogen and oxygen atoms in total. The predicted molar refractivity (Wildman–Crippen MR) is 78.9 cm³/mol. The second-order valence-corrected chi connectivity index (χ2v) is 6.16. The number of nitrogens with two attached hydrogens (primary N) is 1. The minimum Gasteiger partial charge on any atom is -0.327 e. The maximum atomic E-state index is 13.7. The molecule has 0 aromatic heterocycles. The van der Waals surface area contributed by atoms with Crippen LogP contribution in [0.5, 0.6) is 0 Å². The van der Waals surface area contributed by atoms with Crippen LogP contribution in [0.3, 0.4) is 0 Å². The van der Waals surface area contributed by atoms with Gasteiger partial charge in [0.1, 0.15) is 5.82 Å². The van der Waals surface area contributed by atoms with Gasteiger partial charge < -0.3 is 5.73 Å². The van der Waals surface area contributed by atoms with Crippen molar-refractivity contribution in [2.45, 2.75) is 57.4 Å². The van der Waals surface area contributed by atoms with Gasteiger partial charge in [-0.15, -0.1) is 0 Å².